The number of nitrogens with zero attached hydrogens (tertiary/aromatic N) is 1. The average molecular weight is 253 g/mol. The molecule has 92 valence electrons. The van der Waals surface area contributed by atoms with Gasteiger partial charge in [0.2, 0.25) is 0 Å². The number of hydrogen-bond acceptors (Lipinski definition) is 2. The van der Waals surface area contributed by atoms with E-state index in [0.29, 0.717) is 5.02 Å². The van der Waals surface area contributed by atoms with Gasteiger partial charge in [-0.1, -0.05) is 17.7 Å². The average Bonchev–Trinajstić information content (AvgIpc) is 2.20. The van der Waals surface area contributed by atoms with E-state index in [0.717, 1.165) is 11.4 Å². The number of nitrogens with one attached hydrogen (secondary N) is 1. The molecule has 0 atom stereocenters. The van der Waals surface area contributed by atoms with Crippen molar-refractivity contribution >= 4 is 28.9 Å². The fraction of sp³-hybridized carbons (Fsp3) is 0.462. The van der Waals surface area contributed by atoms with Gasteiger partial charge in [-0.2, -0.15) is 0 Å². The van der Waals surface area contributed by atoms with Crippen LogP contribution in [0, 0.1) is 0 Å². The highest BCUT2D eigenvalue weighted by molar-refractivity contribution is 6.35. The first-order valence-corrected chi connectivity index (χ1v) is 6.13. The van der Waals surface area contributed by atoms with Gasteiger partial charge in [0.05, 0.1) is 16.4 Å². The summed E-state index contributed by atoms with van der Waals surface area (Å²) in [6.07, 6.45) is 0. The first kappa shape index (κ1) is 12.2. The van der Waals surface area contributed by atoms with Crippen LogP contribution in [-0.4, -0.2) is 17.5 Å². The van der Waals surface area contributed by atoms with Crippen LogP contribution in [0.15, 0.2) is 18.2 Å². The number of rotatable bonds is 1. The molecule has 0 bridgehead atoms. The smallest absolute Gasteiger partial charge is 0.252 e. The third-order valence-electron chi connectivity index (χ3n) is 2.94. The van der Waals surface area contributed by atoms with E-state index < -0.39 is 5.54 Å². The van der Waals surface area contributed by atoms with E-state index in [1.54, 1.807) is 4.90 Å². The Morgan fingerprint density at radius 2 is 2.00 bits per heavy atom. The lowest BCUT2D eigenvalue weighted by molar-refractivity contribution is -0.122. The number of amides is 1. The van der Waals surface area contributed by atoms with Crippen LogP contribution in [0.1, 0.15) is 27.7 Å². The first-order chi connectivity index (χ1) is 7.84. The number of carbonyl (C=O) groups is 1. The van der Waals surface area contributed by atoms with Crippen molar-refractivity contribution in [3.05, 3.63) is 23.2 Å². The van der Waals surface area contributed by atoms with Crippen molar-refractivity contribution in [3.8, 4) is 0 Å². The fourth-order valence-electron chi connectivity index (χ4n) is 2.15. The Morgan fingerprint density at radius 1 is 1.35 bits per heavy atom. The van der Waals surface area contributed by atoms with Crippen molar-refractivity contribution in [2.24, 2.45) is 0 Å². The van der Waals surface area contributed by atoms with Gasteiger partial charge >= 0.3 is 0 Å². The lowest BCUT2D eigenvalue weighted by atomic mass is 9.97. The van der Waals surface area contributed by atoms with Gasteiger partial charge < -0.3 is 10.2 Å². The van der Waals surface area contributed by atoms with Crippen LogP contribution in [0.3, 0.4) is 0 Å². The number of fused-ring (bicyclic) bond motifs is 1. The largest absolute Gasteiger partial charge is 0.370 e. The Hall–Kier alpha value is -1.22. The second kappa shape index (κ2) is 3.91. The second-order valence-electron chi connectivity index (χ2n) is 5.15. The Kier molecular flexibility index (Phi) is 2.82. The van der Waals surface area contributed by atoms with E-state index in [9.17, 15) is 4.79 Å². The fourth-order valence-corrected chi connectivity index (χ4v) is 2.41. The molecule has 0 saturated heterocycles. The zero-order chi connectivity index (χ0) is 12.8. The Morgan fingerprint density at radius 3 is 2.59 bits per heavy atom. The molecule has 4 heteroatoms. The predicted octanol–water partition coefficient (Wildman–Crippen LogP) is 3.29. The summed E-state index contributed by atoms with van der Waals surface area (Å²) < 4.78 is 0. The highest BCUT2D eigenvalue weighted by Gasteiger charge is 2.40. The minimum atomic E-state index is -0.595. The summed E-state index contributed by atoms with van der Waals surface area (Å²) in [5, 5.41) is 3.84. The van der Waals surface area contributed by atoms with Crippen LogP contribution in [0.4, 0.5) is 11.4 Å². The van der Waals surface area contributed by atoms with Crippen LogP contribution >= 0.6 is 11.6 Å². The topological polar surface area (TPSA) is 32.3 Å². The van der Waals surface area contributed by atoms with Crippen LogP contribution in [-0.2, 0) is 4.79 Å². The molecule has 0 unspecified atom stereocenters. The lowest BCUT2D eigenvalue weighted by Crippen LogP contribution is -2.56. The Balaban J connectivity index is 2.64. The molecule has 17 heavy (non-hydrogen) atoms. The molecule has 1 N–H and O–H groups in total. The SMILES string of the molecule is CC(C)N1C(=O)C(C)(C)Nc2cccc(Cl)c21. The van der Waals surface area contributed by atoms with E-state index in [1.165, 1.54) is 0 Å². The second-order valence-corrected chi connectivity index (χ2v) is 5.56. The Bertz CT molecular complexity index is 468. The van der Waals surface area contributed by atoms with Crippen molar-refractivity contribution in [3.63, 3.8) is 0 Å². The van der Waals surface area contributed by atoms with E-state index in [2.05, 4.69) is 5.32 Å². The zero-order valence-corrected chi connectivity index (χ0v) is 11.3. The number of hydrogen-bond donors (Lipinski definition) is 1. The van der Waals surface area contributed by atoms with Gasteiger partial charge in [-0.3, -0.25) is 4.79 Å². The highest BCUT2D eigenvalue weighted by Crippen LogP contribution is 2.41. The molecule has 1 aliphatic rings. The number of benzene rings is 1. The highest BCUT2D eigenvalue weighted by atomic mass is 35.5. The maximum atomic E-state index is 12.4. The van der Waals surface area contributed by atoms with E-state index in [4.69, 9.17) is 11.6 Å². The molecule has 3 nitrogen and oxygen atoms in total. The van der Waals surface area contributed by atoms with E-state index in [-0.39, 0.29) is 11.9 Å². The number of halogens is 1. The van der Waals surface area contributed by atoms with Crippen molar-refractivity contribution < 1.29 is 4.79 Å². The van der Waals surface area contributed by atoms with Gasteiger partial charge in [-0.05, 0) is 39.8 Å². The van der Waals surface area contributed by atoms with Crippen LogP contribution in [0.5, 0.6) is 0 Å². The van der Waals surface area contributed by atoms with Crippen molar-refractivity contribution in [1.82, 2.24) is 0 Å². The van der Waals surface area contributed by atoms with Crippen LogP contribution in [0.2, 0.25) is 5.02 Å². The van der Waals surface area contributed by atoms with Gasteiger partial charge in [0.25, 0.3) is 5.91 Å². The maximum absolute atomic E-state index is 12.4. The number of para-hydroxylation sites is 1. The molecule has 1 amide bonds. The van der Waals surface area contributed by atoms with Crippen LogP contribution < -0.4 is 10.2 Å². The standard InChI is InChI=1S/C13H17ClN2O/c1-8(2)16-11-9(14)6-5-7-10(11)15-13(3,4)12(16)17/h5-8,15H,1-4H3. The molecule has 1 aromatic carbocycles. The molecular formula is C13H17ClN2O. The molecule has 0 fully saturated rings. The summed E-state index contributed by atoms with van der Waals surface area (Å²) in [6.45, 7) is 7.75. The molecule has 0 aromatic heterocycles. The molecule has 2 rings (SSSR count). The van der Waals surface area contributed by atoms with Gasteiger partial charge in [0.1, 0.15) is 5.54 Å². The van der Waals surface area contributed by atoms with Crippen molar-refractivity contribution in [2.75, 3.05) is 10.2 Å². The molecule has 1 heterocycles. The van der Waals surface area contributed by atoms with Crippen molar-refractivity contribution in [1.29, 1.82) is 0 Å². The van der Waals surface area contributed by atoms with Gasteiger partial charge in [0.15, 0.2) is 0 Å². The molecule has 0 radical (unpaired) electrons. The molecule has 0 aliphatic carbocycles. The van der Waals surface area contributed by atoms with Gasteiger partial charge in [-0.15, -0.1) is 0 Å². The predicted molar refractivity (Wildman–Crippen MR) is 71.8 cm³/mol. The molecule has 1 aliphatic heterocycles. The summed E-state index contributed by atoms with van der Waals surface area (Å²) in [7, 11) is 0. The summed E-state index contributed by atoms with van der Waals surface area (Å²) in [6, 6.07) is 5.73. The minimum absolute atomic E-state index is 0.0492. The van der Waals surface area contributed by atoms with E-state index >= 15 is 0 Å². The quantitative estimate of drug-likeness (QED) is 0.832. The zero-order valence-electron chi connectivity index (χ0n) is 10.5. The normalized spacial score (nSPS) is 18.0. The lowest BCUT2D eigenvalue weighted by Gasteiger charge is -2.42. The summed E-state index contributed by atoms with van der Waals surface area (Å²) in [4.78, 5) is 14.2. The summed E-state index contributed by atoms with van der Waals surface area (Å²) in [5.41, 5.74) is 1.10. The van der Waals surface area contributed by atoms with Gasteiger partial charge in [-0.25, -0.2) is 0 Å². The van der Waals surface area contributed by atoms with Crippen molar-refractivity contribution in [2.45, 2.75) is 39.3 Å². The van der Waals surface area contributed by atoms with Crippen LogP contribution in [0.25, 0.3) is 0 Å². The number of anilines is 2. The van der Waals surface area contributed by atoms with Gasteiger partial charge in [0, 0.05) is 6.04 Å². The molecule has 0 saturated carbocycles. The molecule has 1 aromatic rings. The first-order valence-electron chi connectivity index (χ1n) is 5.75. The summed E-state index contributed by atoms with van der Waals surface area (Å²) >= 11 is 6.21. The third-order valence-corrected chi connectivity index (χ3v) is 3.25. The number of carbonyl (C=O) groups excluding carboxylic acids is 1. The monoisotopic (exact) mass is 252 g/mol. The third kappa shape index (κ3) is 1.89. The molecule has 0 spiro atoms. The summed E-state index contributed by atoms with van der Waals surface area (Å²) in [5.74, 6) is 0.0492. The Labute approximate surface area is 107 Å². The maximum Gasteiger partial charge on any atom is 0.252 e. The molecular weight excluding hydrogens is 236 g/mol. The minimum Gasteiger partial charge on any atom is -0.370 e. The van der Waals surface area contributed by atoms with E-state index in [1.807, 2.05) is 45.9 Å².